The maximum atomic E-state index is 12.6. The first kappa shape index (κ1) is 26.5. The number of nitrogens with one attached hydrogen (secondary N) is 1. The van der Waals surface area contributed by atoms with Crippen LogP contribution in [0.3, 0.4) is 0 Å². The van der Waals surface area contributed by atoms with Crippen LogP contribution in [-0.2, 0) is 9.53 Å². The summed E-state index contributed by atoms with van der Waals surface area (Å²) in [5.41, 5.74) is 4.44. The number of aromatic nitrogens is 1. The highest BCUT2D eigenvalue weighted by atomic mass is 16.5. The number of piperazine rings is 1. The number of nitrogens with zero attached hydrogens (tertiary/aromatic N) is 4. The van der Waals surface area contributed by atoms with Gasteiger partial charge >= 0.3 is 0 Å². The highest BCUT2D eigenvalue weighted by Crippen LogP contribution is 2.23. The molecule has 1 fully saturated rings. The summed E-state index contributed by atoms with van der Waals surface area (Å²) in [5, 5.41) is 12.5. The number of hydrogen-bond acceptors (Lipinski definition) is 5. The average molecular weight is 478 g/mol. The van der Waals surface area contributed by atoms with Gasteiger partial charge < -0.3 is 19.5 Å². The first-order valence-electron chi connectivity index (χ1n) is 12.5. The number of para-hydroxylation sites is 1. The summed E-state index contributed by atoms with van der Waals surface area (Å²) in [5.74, 6) is -0.307. The SMILES string of the molecule is COCC(C)n1c(C)cc(/C=C(/C#N)C(=O)NCCCCN2CCN(c3ccccc3)CC2)c1C. The van der Waals surface area contributed by atoms with Crippen molar-refractivity contribution >= 4 is 17.7 Å². The van der Waals surface area contributed by atoms with Crippen LogP contribution in [0.5, 0.6) is 0 Å². The van der Waals surface area contributed by atoms with E-state index in [9.17, 15) is 10.1 Å². The Balaban J connectivity index is 1.42. The number of amides is 1. The van der Waals surface area contributed by atoms with Crippen LogP contribution < -0.4 is 10.2 Å². The van der Waals surface area contributed by atoms with Crippen LogP contribution in [0.4, 0.5) is 5.69 Å². The standard InChI is InChI=1S/C28H39N5O2/c1-22-18-25(24(3)33(22)23(2)21-35-4)19-26(20-29)28(34)30-12-8-9-13-31-14-16-32(17-15-31)27-10-6-5-7-11-27/h5-7,10-11,18-19,23H,8-9,12-17,21H2,1-4H3,(H,30,34)/b26-19-. The molecule has 1 amide bonds. The Kier molecular flexibility index (Phi) is 9.95. The summed E-state index contributed by atoms with van der Waals surface area (Å²) >= 11 is 0. The van der Waals surface area contributed by atoms with Crippen molar-refractivity contribution in [3.8, 4) is 6.07 Å². The summed E-state index contributed by atoms with van der Waals surface area (Å²) in [4.78, 5) is 17.5. The number of carbonyl (C=O) groups is 1. The minimum Gasteiger partial charge on any atom is -0.383 e. The van der Waals surface area contributed by atoms with Crippen molar-refractivity contribution in [3.05, 3.63) is 58.9 Å². The monoisotopic (exact) mass is 477 g/mol. The number of methoxy groups -OCH3 is 1. The molecule has 1 aliphatic rings. The zero-order chi connectivity index (χ0) is 25.2. The fraction of sp³-hybridized carbons (Fsp3) is 0.500. The number of ether oxygens (including phenoxy) is 1. The smallest absolute Gasteiger partial charge is 0.261 e. The molecule has 1 aromatic heterocycles. The molecule has 1 unspecified atom stereocenters. The summed E-state index contributed by atoms with van der Waals surface area (Å²) in [6, 6.07) is 14.8. The van der Waals surface area contributed by atoms with Crippen LogP contribution in [0.1, 0.15) is 42.8 Å². The van der Waals surface area contributed by atoms with E-state index in [1.807, 2.05) is 19.9 Å². The maximum Gasteiger partial charge on any atom is 0.261 e. The number of aryl methyl sites for hydroxylation is 1. The molecule has 188 valence electrons. The molecule has 3 rings (SSSR count). The number of anilines is 1. The lowest BCUT2D eigenvalue weighted by molar-refractivity contribution is -0.117. The highest BCUT2D eigenvalue weighted by Gasteiger charge is 2.17. The molecule has 1 saturated heterocycles. The molecule has 1 atom stereocenters. The molecular weight excluding hydrogens is 438 g/mol. The van der Waals surface area contributed by atoms with Gasteiger partial charge in [0.1, 0.15) is 11.6 Å². The van der Waals surface area contributed by atoms with Crippen LogP contribution in [0.15, 0.2) is 42.0 Å². The zero-order valence-electron chi connectivity index (χ0n) is 21.6. The van der Waals surface area contributed by atoms with E-state index in [4.69, 9.17) is 4.74 Å². The minimum absolute atomic E-state index is 0.140. The largest absolute Gasteiger partial charge is 0.383 e. The van der Waals surface area contributed by atoms with Crippen molar-refractivity contribution < 1.29 is 9.53 Å². The van der Waals surface area contributed by atoms with Gasteiger partial charge in [-0.15, -0.1) is 0 Å². The van der Waals surface area contributed by atoms with Gasteiger partial charge in [0.05, 0.1) is 12.6 Å². The first-order chi connectivity index (χ1) is 16.9. The molecule has 7 nitrogen and oxygen atoms in total. The van der Waals surface area contributed by atoms with Gasteiger partial charge in [0.15, 0.2) is 0 Å². The minimum atomic E-state index is -0.307. The lowest BCUT2D eigenvalue weighted by atomic mass is 10.1. The molecule has 7 heteroatoms. The molecule has 0 saturated carbocycles. The molecule has 1 N–H and O–H groups in total. The number of carbonyl (C=O) groups excluding carboxylic acids is 1. The number of benzene rings is 1. The third kappa shape index (κ3) is 7.20. The Morgan fingerprint density at radius 3 is 2.54 bits per heavy atom. The Labute approximate surface area is 210 Å². The lowest BCUT2D eigenvalue weighted by Crippen LogP contribution is -2.46. The Morgan fingerprint density at radius 2 is 1.89 bits per heavy atom. The number of unbranched alkanes of at least 4 members (excludes halogenated alkanes) is 1. The molecule has 0 aliphatic carbocycles. The average Bonchev–Trinajstić information content (AvgIpc) is 3.15. The molecule has 0 bridgehead atoms. The van der Waals surface area contributed by atoms with E-state index in [1.165, 1.54) is 5.69 Å². The molecule has 2 heterocycles. The van der Waals surface area contributed by atoms with Crippen LogP contribution in [0.2, 0.25) is 0 Å². The molecule has 0 spiro atoms. The molecule has 1 aromatic carbocycles. The predicted molar refractivity (Wildman–Crippen MR) is 141 cm³/mol. The van der Waals surface area contributed by atoms with Crippen molar-refractivity contribution in [1.29, 1.82) is 5.26 Å². The van der Waals surface area contributed by atoms with Gasteiger partial charge in [0, 0.05) is 56.9 Å². The third-order valence-electron chi connectivity index (χ3n) is 6.72. The Hall–Kier alpha value is -3.08. The second-order valence-electron chi connectivity index (χ2n) is 9.30. The molecule has 2 aromatic rings. The van der Waals surface area contributed by atoms with Gasteiger partial charge in [0.25, 0.3) is 5.91 Å². The van der Waals surface area contributed by atoms with Crippen molar-refractivity contribution in [3.63, 3.8) is 0 Å². The van der Waals surface area contributed by atoms with Crippen molar-refractivity contribution in [2.24, 2.45) is 0 Å². The Bertz CT molecular complexity index is 1030. The summed E-state index contributed by atoms with van der Waals surface area (Å²) in [7, 11) is 1.69. The van der Waals surface area contributed by atoms with Gasteiger partial charge in [-0.2, -0.15) is 5.26 Å². The molecule has 1 aliphatic heterocycles. The number of nitriles is 1. The third-order valence-corrected chi connectivity index (χ3v) is 6.72. The quantitative estimate of drug-likeness (QED) is 0.302. The van der Waals surface area contributed by atoms with E-state index in [0.29, 0.717) is 13.2 Å². The van der Waals surface area contributed by atoms with Crippen LogP contribution >= 0.6 is 0 Å². The van der Waals surface area contributed by atoms with E-state index in [-0.39, 0.29) is 17.5 Å². The van der Waals surface area contributed by atoms with E-state index in [0.717, 1.165) is 62.5 Å². The Morgan fingerprint density at radius 1 is 1.17 bits per heavy atom. The molecule has 35 heavy (non-hydrogen) atoms. The van der Waals surface area contributed by atoms with Crippen molar-refractivity contribution in [2.45, 2.75) is 39.7 Å². The van der Waals surface area contributed by atoms with Crippen LogP contribution in [-0.4, -0.2) is 68.4 Å². The summed E-state index contributed by atoms with van der Waals surface area (Å²) in [6.45, 7) is 12.6. The molecule has 0 radical (unpaired) electrons. The van der Waals surface area contributed by atoms with E-state index < -0.39 is 0 Å². The van der Waals surface area contributed by atoms with E-state index in [1.54, 1.807) is 13.2 Å². The van der Waals surface area contributed by atoms with E-state index in [2.05, 4.69) is 63.0 Å². The number of hydrogen-bond donors (Lipinski definition) is 1. The summed E-state index contributed by atoms with van der Waals surface area (Å²) < 4.78 is 7.47. The van der Waals surface area contributed by atoms with Gasteiger partial charge in [-0.25, -0.2) is 0 Å². The zero-order valence-corrected chi connectivity index (χ0v) is 21.6. The molecular formula is C28H39N5O2. The predicted octanol–water partition coefficient (Wildman–Crippen LogP) is 3.94. The van der Waals surface area contributed by atoms with Gasteiger partial charge in [-0.05, 0) is 70.0 Å². The van der Waals surface area contributed by atoms with Crippen molar-refractivity contribution in [1.82, 2.24) is 14.8 Å². The second kappa shape index (κ2) is 13.1. The topological polar surface area (TPSA) is 73.5 Å². The van der Waals surface area contributed by atoms with Gasteiger partial charge in [-0.1, -0.05) is 18.2 Å². The van der Waals surface area contributed by atoms with Crippen LogP contribution in [0.25, 0.3) is 6.08 Å². The van der Waals surface area contributed by atoms with Gasteiger partial charge in [0.2, 0.25) is 0 Å². The lowest BCUT2D eigenvalue weighted by Gasteiger charge is -2.36. The summed E-state index contributed by atoms with van der Waals surface area (Å²) in [6.07, 6.45) is 3.61. The second-order valence-corrected chi connectivity index (χ2v) is 9.30. The van der Waals surface area contributed by atoms with Crippen molar-refractivity contribution in [2.75, 3.05) is 57.9 Å². The highest BCUT2D eigenvalue weighted by molar-refractivity contribution is 6.01. The normalized spacial score (nSPS) is 15.6. The van der Waals surface area contributed by atoms with E-state index >= 15 is 0 Å². The van der Waals surface area contributed by atoms with Crippen LogP contribution in [0, 0.1) is 25.2 Å². The maximum absolute atomic E-state index is 12.6. The first-order valence-corrected chi connectivity index (χ1v) is 12.5. The van der Waals surface area contributed by atoms with Gasteiger partial charge in [-0.3, -0.25) is 9.69 Å². The number of rotatable bonds is 11. The fourth-order valence-electron chi connectivity index (χ4n) is 4.87. The fourth-order valence-corrected chi connectivity index (χ4v) is 4.87.